The first-order valence-corrected chi connectivity index (χ1v) is 3.81. The summed E-state index contributed by atoms with van der Waals surface area (Å²) in [5.41, 5.74) is 6.34. The number of aromatic nitrogens is 1. The maximum Gasteiger partial charge on any atom is 0.197 e. The Balaban J connectivity index is 0.00000121. The van der Waals surface area contributed by atoms with E-state index in [2.05, 4.69) is 4.98 Å². The largest absolute Gasteiger partial charge is 0.444 e. The SMILES string of the molecule is Cc1nc(C(C)C)oc1CN.Cl. The molecule has 1 heterocycles. The van der Waals surface area contributed by atoms with Crippen LogP contribution in [0.2, 0.25) is 0 Å². The fraction of sp³-hybridized carbons (Fsp3) is 0.625. The van der Waals surface area contributed by atoms with Crippen LogP contribution in [0.3, 0.4) is 0 Å². The third kappa shape index (κ3) is 2.22. The molecule has 0 aromatic carbocycles. The molecule has 4 heteroatoms. The van der Waals surface area contributed by atoms with Crippen molar-refractivity contribution in [3.63, 3.8) is 0 Å². The van der Waals surface area contributed by atoms with Crippen LogP contribution in [0.25, 0.3) is 0 Å². The Labute approximate surface area is 78.8 Å². The summed E-state index contributed by atoms with van der Waals surface area (Å²) in [6.07, 6.45) is 0. The first-order chi connectivity index (χ1) is 5.15. The van der Waals surface area contributed by atoms with Gasteiger partial charge in [-0.25, -0.2) is 4.98 Å². The van der Waals surface area contributed by atoms with E-state index in [0.717, 1.165) is 17.3 Å². The Morgan fingerprint density at radius 2 is 2.08 bits per heavy atom. The molecule has 0 aliphatic carbocycles. The average molecular weight is 191 g/mol. The van der Waals surface area contributed by atoms with Gasteiger partial charge in [0.2, 0.25) is 0 Å². The second-order valence-electron chi connectivity index (χ2n) is 2.92. The highest BCUT2D eigenvalue weighted by molar-refractivity contribution is 5.85. The molecule has 0 unspecified atom stereocenters. The van der Waals surface area contributed by atoms with Crippen LogP contribution in [0, 0.1) is 6.92 Å². The third-order valence-corrected chi connectivity index (χ3v) is 1.59. The molecular weight excluding hydrogens is 176 g/mol. The van der Waals surface area contributed by atoms with Crippen molar-refractivity contribution in [3.8, 4) is 0 Å². The van der Waals surface area contributed by atoms with Crippen molar-refractivity contribution in [2.75, 3.05) is 0 Å². The molecule has 1 rings (SSSR count). The smallest absolute Gasteiger partial charge is 0.197 e. The summed E-state index contributed by atoms with van der Waals surface area (Å²) < 4.78 is 5.39. The van der Waals surface area contributed by atoms with Crippen LogP contribution >= 0.6 is 12.4 Å². The average Bonchev–Trinajstić information content (AvgIpc) is 2.31. The second kappa shape index (κ2) is 4.48. The lowest BCUT2D eigenvalue weighted by atomic mass is 10.2. The topological polar surface area (TPSA) is 52.0 Å². The van der Waals surface area contributed by atoms with E-state index in [1.807, 2.05) is 20.8 Å². The molecule has 0 saturated carbocycles. The molecule has 1 aromatic rings. The lowest BCUT2D eigenvalue weighted by Crippen LogP contribution is -1.95. The van der Waals surface area contributed by atoms with Gasteiger partial charge in [-0.15, -0.1) is 12.4 Å². The molecule has 3 nitrogen and oxygen atoms in total. The van der Waals surface area contributed by atoms with Crippen molar-refractivity contribution in [2.24, 2.45) is 5.73 Å². The minimum absolute atomic E-state index is 0. The molecule has 0 aliphatic rings. The van der Waals surface area contributed by atoms with Gasteiger partial charge in [0.15, 0.2) is 5.89 Å². The van der Waals surface area contributed by atoms with Crippen LogP contribution < -0.4 is 5.73 Å². The second-order valence-corrected chi connectivity index (χ2v) is 2.92. The summed E-state index contributed by atoms with van der Waals surface area (Å²) in [7, 11) is 0. The fourth-order valence-electron chi connectivity index (χ4n) is 0.887. The standard InChI is InChI=1S/C8H14N2O.ClH/c1-5(2)8-10-6(3)7(4-9)11-8;/h5H,4,9H2,1-3H3;1H. The lowest BCUT2D eigenvalue weighted by Gasteiger charge is -1.94. The highest BCUT2D eigenvalue weighted by atomic mass is 35.5. The maximum absolute atomic E-state index is 5.43. The van der Waals surface area contributed by atoms with E-state index in [9.17, 15) is 0 Å². The van der Waals surface area contributed by atoms with Gasteiger partial charge >= 0.3 is 0 Å². The Morgan fingerprint density at radius 1 is 1.50 bits per heavy atom. The summed E-state index contributed by atoms with van der Waals surface area (Å²) in [4.78, 5) is 4.23. The van der Waals surface area contributed by atoms with E-state index in [0.29, 0.717) is 12.5 Å². The van der Waals surface area contributed by atoms with E-state index >= 15 is 0 Å². The van der Waals surface area contributed by atoms with Crippen molar-refractivity contribution in [3.05, 3.63) is 17.3 Å². The Morgan fingerprint density at radius 3 is 2.33 bits per heavy atom. The van der Waals surface area contributed by atoms with Crippen molar-refractivity contribution in [1.29, 1.82) is 0 Å². The molecule has 0 atom stereocenters. The minimum atomic E-state index is 0. The quantitative estimate of drug-likeness (QED) is 0.776. The van der Waals surface area contributed by atoms with Gasteiger partial charge in [0.05, 0.1) is 12.2 Å². The van der Waals surface area contributed by atoms with Crippen molar-refractivity contribution in [2.45, 2.75) is 33.2 Å². The number of oxazole rings is 1. The molecule has 70 valence electrons. The van der Waals surface area contributed by atoms with Crippen molar-refractivity contribution < 1.29 is 4.42 Å². The fourth-order valence-corrected chi connectivity index (χ4v) is 0.887. The van der Waals surface area contributed by atoms with Crippen LogP contribution in [-0.4, -0.2) is 4.98 Å². The Hall–Kier alpha value is -0.540. The van der Waals surface area contributed by atoms with Gasteiger partial charge in [-0.1, -0.05) is 13.8 Å². The van der Waals surface area contributed by atoms with E-state index in [1.54, 1.807) is 0 Å². The predicted molar refractivity (Wildman–Crippen MR) is 50.5 cm³/mol. The zero-order chi connectivity index (χ0) is 8.43. The van der Waals surface area contributed by atoms with E-state index in [-0.39, 0.29) is 12.4 Å². The molecule has 0 spiro atoms. The zero-order valence-electron chi connectivity index (χ0n) is 7.63. The number of hydrogen-bond donors (Lipinski definition) is 1. The van der Waals surface area contributed by atoms with Gasteiger partial charge in [0.25, 0.3) is 0 Å². The Bertz CT molecular complexity index is 245. The highest BCUT2D eigenvalue weighted by Gasteiger charge is 2.10. The summed E-state index contributed by atoms with van der Waals surface area (Å²) in [6, 6.07) is 0. The molecule has 2 N–H and O–H groups in total. The minimum Gasteiger partial charge on any atom is -0.444 e. The molecular formula is C8H15ClN2O. The van der Waals surface area contributed by atoms with E-state index in [1.165, 1.54) is 0 Å². The summed E-state index contributed by atoms with van der Waals surface area (Å²) in [5.74, 6) is 1.92. The molecule has 0 bridgehead atoms. The van der Waals surface area contributed by atoms with Gasteiger partial charge in [0, 0.05) is 5.92 Å². The molecule has 0 radical (unpaired) electrons. The van der Waals surface area contributed by atoms with E-state index in [4.69, 9.17) is 10.2 Å². The Kier molecular flexibility index (Phi) is 4.28. The van der Waals surface area contributed by atoms with Gasteiger partial charge in [0.1, 0.15) is 5.76 Å². The third-order valence-electron chi connectivity index (χ3n) is 1.59. The number of halogens is 1. The van der Waals surface area contributed by atoms with Crippen LogP contribution in [0.5, 0.6) is 0 Å². The normalized spacial score (nSPS) is 10.1. The molecule has 12 heavy (non-hydrogen) atoms. The lowest BCUT2D eigenvalue weighted by molar-refractivity contribution is 0.437. The van der Waals surface area contributed by atoms with Gasteiger partial charge in [-0.3, -0.25) is 0 Å². The van der Waals surface area contributed by atoms with Gasteiger partial charge in [-0.05, 0) is 6.92 Å². The molecule has 0 amide bonds. The molecule has 1 aromatic heterocycles. The van der Waals surface area contributed by atoms with E-state index < -0.39 is 0 Å². The van der Waals surface area contributed by atoms with Crippen LogP contribution in [0.4, 0.5) is 0 Å². The zero-order valence-corrected chi connectivity index (χ0v) is 8.44. The van der Waals surface area contributed by atoms with Crippen LogP contribution in [0.15, 0.2) is 4.42 Å². The summed E-state index contributed by atoms with van der Waals surface area (Å²) >= 11 is 0. The predicted octanol–water partition coefficient (Wildman–Crippen LogP) is 1.99. The monoisotopic (exact) mass is 190 g/mol. The number of hydrogen-bond acceptors (Lipinski definition) is 3. The number of nitrogens with two attached hydrogens (primary N) is 1. The van der Waals surface area contributed by atoms with Crippen molar-refractivity contribution >= 4 is 12.4 Å². The van der Waals surface area contributed by atoms with Gasteiger partial charge < -0.3 is 10.2 Å². The van der Waals surface area contributed by atoms with Crippen LogP contribution in [0.1, 0.15) is 37.1 Å². The maximum atomic E-state index is 5.43. The number of rotatable bonds is 2. The number of aryl methyl sites for hydroxylation is 1. The van der Waals surface area contributed by atoms with Crippen molar-refractivity contribution in [1.82, 2.24) is 4.98 Å². The molecule has 0 aliphatic heterocycles. The highest BCUT2D eigenvalue weighted by Crippen LogP contribution is 2.16. The first-order valence-electron chi connectivity index (χ1n) is 3.81. The first kappa shape index (κ1) is 11.5. The summed E-state index contributed by atoms with van der Waals surface area (Å²) in [6.45, 7) is 6.44. The number of nitrogens with zero attached hydrogens (tertiary/aromatic N) is 1. The molecule has 0 saturated heterocycles. The van der Waals surface area contributed by atoms with Gasteiger partial charge in [-0.2, -0.15) is 0 Å². The van der Waals surface area contributed by atoms with Crippen LogP contribution in [-0.2, 0) is 6.54 Å². The summed E-state index contributed by atoms with van der Waals surface area (Å²) in [5, 5.41) is 0. The molecule has 0 fully saturated rings.